The molecular weight excluding hydrogens is 290 g/mol. The first kappa shape index (κ1) is 16.6. The quantitative estimate of drug-likeness (QED) is 0.792. The van der Waals surface area contributed by atoms with E-state index in [2.05, 4.69) is 5.32 Å². The molecule has 0 aromatic carbocycles. The molecule has 1 fully saturated rings. The second-order valence-electron chi connectivity index (χ2n) is 6.08. The Balaban J connectivity index is 2.54. The lowest BCUT2D eigenvalue weighted by Crippen LogP contribution is -2.43. The lowest BCUT2D eigenvalue weighted by molar-refractivity contribution is 0.0499. The first-order valence-corrected chi connectivity index (χ1v) is 8.95. The first-order chi connectivity index (χ1) is 8.55. The molecule has 1 aliphatic carbocycles. The Morgan fingerprint density at radius 1 is 1.42 bits per heavy atom. The number of carbonyl (C=O) groups excluding carboxylic acids is 1. The van der Waals surface area contributed by atoms with Gasteiger partial charge in [0.05, 0.1) is 5.75 Å². The number of amides is 1. The van der Waals surface area contributed by atoms with E-state index in [-0.39, 0.29) is 5.75 Å². The van der Waals surface area contributed by atoms with Crippen LogP contribution in [0.1, 0.15) is 46.5 Å². The highest BCUT2D eigenvalue weighted by Crippen LogP contribution is 2.31. The molecule has 0 saturated heterocycles. The van der Waals surface area contributed by atoms with Crippen LogP contribution in [-0.2, 0) is 13.8 Å². The van der Waals surface area contributed by atoms with Crippen molar-refractivity contribution in [2.75, 3.05) is 5.75 Å². The molecule has 7 heteroatoms. The Morgan fingerprint density at radius 2 is 2.00 bits per heavy atom. The van der Waals surface area contributed by atoms with Crippen LogP contribution in [0.2, 0.25) is 0 Å². The van der Waals surface area contributed by atoms with Gasteiger partial charge in [0.15, 0.2) is 0 Å². The van der Waals surface area contributed by atoms with E-state index >= 15 is 0 Å². The summed E-state index contributed by atoms with van der Waals surface area (Å²) in [5, 5.41) is 2.60. The van der Waals surface area contributed by atoms with Gasteiger partial charge < -0.3 is 10.1 Å². The molecule has 0 aliphatic heterocycles. The van der Waals surface area contributed by atoms with Crippen LogP contribution in [0.3, 0.4) is 0 Å². The number of alkyl carbamates (subject to hydrolysis) is 1. The lowest BCUT2D eigenvalue weighted by atomic mass is 9.81. The zero-order valence-corrected chi connectivity index (χ0v) is 13.2. The third-order valence-electron chi connectivity index (χ3n) is 2.96. The predicted molar refractivity (Wildman–Crippen MR) is 74.8 cm³/mol. The van der Waals surface area contributed by atoms with Crippen LogP contribution in [-0.4, -0.2) is 31.9 Å². The molecule has 0 radical (unpaired) electrons. The Hall–Kier alpha value is -0.490. The second kappa shape index (κ2) is 6.31. The molecule has 1 amide bonds. The smallest absolute Gasteiger partial charge is 0.407 e. The summed E-state index contributed by atoms with van der Waals surface area (Å²) < 4.78 is 27.5. The summed E-state index contributed by atoms with van der Waals surface area (Å²) in [6.07, 6.45) is 3.35. The number of hydrogen-bond acceptors (Lipinski definition) is 4. The van der Waals surface area contributed by atoms with Gasteiger partial charge in [-0.25, -0.2) is 13.2 Å². The molecule has 112 valence electrons. The van der Waals surface area contributed by atoms with E-state index in [9.17, 15) is 13.2 Å². The van der Waals surface area contributed by atoms with Crippen molar-refractivity contribution >= 4 is 25.8 Å². The maximum atomic E-state index is 11.7. The third kappa shape index (κ3) is 7.62. The number of carbonyl (C=O) groups is 1. The Morgan fingerprint density at radius 3 is 2.37 bits per heavy atom. The Labute approximate surface area is 119 Å². The van der Waals surface area contributed by atoms with Crippen LogP contribution in [0, 0.1) is 5.92 Å². The topological polar surface area (TPSA) is 72.5 Å². The summed E-state index contributed by atoms with van der Waals surface area (Å²) in [6, 6.07) is -0.484. The standard InChI is InChI=1S/C12H22ClNO4S/c1-12(2,3)18-11(15)14-10(8-19(13,16)17)7-9-5-4-6-9/h9-10H,4-8H2,1-3H3,(H,14,15). The van der Waals surface area contributed by atoms with Gasteiger partial charge in [-0.3, -0.25) is 0 Å². The summed E-state index contributed by atoms with van der Waals surface area (Å²) in [5.74, 6) is 0.211. The van der Waals surface area contributed by atoms with Gasteiger partial charge in [-0.1, -0.05) is 19.3 Å². The van der Waals surface area contributed by atoms with E-state index in [1.54, 1.807) is 20.8 Å². The highest BCUT2D eigenvalue weighted by atomic mass is 35.7. The Kier molecular flexibility index (Phi) is 5.50. The predicted octanol–water partition coefficient (Wildman–Crippen LogP) is 2.64. The molecule has 1 rings (SSSR count). The van der Waals surface area contributed by atoms with Gasteiger partial charge in [-0.15, -0.1) is 0 Å². The molecule has 5 nitrogen and oxygen atoms in total. The van der Waals surface area contributed by atoms with Gasteiger partial charge in [0.25, 0.3) is 0 Å². The SMILES string of the molecule is CC(C)(C)OC(=O)NC(CC1CCC1)CS(=O)(=O)Cl. The molecule has 19 heavy (non-hydrogen) atoms. The largest absolute Gasteiger partial charge is 0.444 e. The molecule has 0 heterocycles. The fraction of sp³-hybridized carbons (Fsp3) is 0.917. The van der Waals surface area contributed by atoms with Crippen LogP contribution in [0.25, 0.3) is 0 Å². The van der Waals surface area contributed by atoms with Crippen LogP contribution in [0.15, 0.2) is 0 Å². The molecule has 1 N–H and O–H groups in total. The molecule has 1 aliphatic rings. The monoisotopic (exact) mass is 311 g/mol. The molecule has 1 saturated carbocycles. The molecule has 0 bridgehead atoms. The van der Waals surface area contributed by atoms with Crippen molar-refractivity contribution < 1.29 is 17.9 Å². The minimum absolute atomic E-state index is 0.260. The summed E-state index contributed by atoms with van der Waals surface area (Å²) in [5.41, 5.74) is -0.606. The summed E-state index contributed by atoms with van der Waals surface area (Å²) in [4.78, 5) is 11.7. The fourth-order valence-corrected chi connectivity index (χ4v) is 3.17. The maximum Gasteiger partial charge on any atom is 0.407 e. The minimum atomic E-state index is -3.64. The van der Waals surface area contributed by atoms with E-state index in [1.807, 2.05) is 0 Å². The van der Waals surface area contributed by atoms with Crippen LogP contribution in [0.5, 0.6) is 0 Å². The van der Waals surface area contributed by atoms with Crippen molar-refractivity contribution in [1.82, 2.24) is 5.32 Å². The van der Waals surface area contributed by atoms with Gasteiger partial charge in [-0.05, 0) is 33.1 Å². The van der Waals surface area contributed by atoms with Crippen LogP contribution >= 0.6 is 10.7 Å². The zero-order valence-electron chi connectivity index (χ0n) is 11.6. The lowest BCUT2D eigenvalue weighted by Gasteiger charge is -2.30. The number of rotatable bonds is 5. The molecule has 1 unspecified atom stereocenters. The minimum Gasteiger partial charge on any atom is -0.444 e. The summed E-state index contributed by atoms with van der Waals surface area (Å²) >= 11 is 0. The van der Waals surface area contributed by atoms with Crippen molar-refractivity contribution in [3.63, 3.8) is 0 Å². The van der Waals surface area contributed by atoms with E-state index in [0.717, 1.165) is 19.3 Å². The number of hydrogen-bond donors (Lipinski definition) is 1. The number of halogens is 1. The van der Waals surface area contributed by atoms with Gasteiger partial charge in [0.2, 0.25) is 9.05 Å². The van der Waals surface area contributed by atoms with E-state index in [1.165, 1.54) is 0 Å². The van der Waals surface area contributed by atoms with E-state index in [4.69, 9.17) is 15.4 Å². The molecule has 0 aromatic heterocycles. The molecular formula is C12H22ClNO4S. The number of nitrogens with one attached hydrogen (secondary N) is 1. The maximum absolute atomic E-state index is 11.7. The summed E-state index contributed by atoms with van der Waals surface area (Å²) in [7, 11) is 1.63. The zero-order chi connectivity index (χ0) is 14.7. The normalized spacial score (nSPS) is 18.5. The van der Waals surface area contributed by atoms with Crippen molar-refractivity contribution in [3.05, 3.63) is 0 Å². The molecule has 0 spiro atoms. The van der Waals surface area contributed by atoms with Crippen LogP contribution < -0.4 is 5.32 Å². The number of ether oxygens (including phenoxy) is 1. The molecule has 0 aromatic rings. The van der Waals surface area contributed by atoms with Crippen molar-refractivity contribution in [1.29, 1.82) is 0 Å². The van der Waals surface area contributed by atoms with Crippen LogP contribution in [0.4, 0.5) is 4.79 Å². The van der Waals surface area contributed by atoms with E-state index < -0.39 is 26.8 Å². The van der Waals surface area contributed by atoms with Crippen molar-refractivity contribution in [2.24, 2.45) is 5.92 Å². The average molecular weight is 312 g/mol. The fourth-order valence-electron chi connectivity index (χ4n) is 2.01. The first-order valence-electron chi connectivity index (χ1n) is 6.47. The van der Waals surface area contributed by atoms with Gasteiger partial charge in [0.1, 0.15) is 5.60 Å². The van der Waals surface area contributed by atoms with Gasteiger partial charge in [0, 0.05) is 16.7 Å². The average Bonchev–Trinajstić information content (AvgIpc) is 2.04. The van der Waals surface area contributed by atoms with Crippen molar-refractivity contribution in [3.8, 4) is 0 Å². The highest BCUT2D eigenvalue weighted by Gasteiger charge is 2.27. The highest BCUT2D eigenvalue weighted by molar-refractivity contribution is 8.13. The van der Waals surface area contributed by atoms with Gasteiger partial charge in [-0.2, -0.15) is 0 Å². The second-order valence-corrected chi connectivity index (χ2v) is 8.90. The van der Waals surface area contributed by atoms with E-state index in [0.29, 0.717) is 12.3 Å². The third-order valence-corrected chi connectivity index (χ3v) is 4.14. The Bertz CT molecular complexity index is 412. The van der Waals surface area contributed by atoms with Crippen molar-refractivity contribution in [2.45, 2.75) is 58.1 Å². The summed E-state index contributed by atoms with van der Waals surface area (Å²) in [6.45, 7) is 5.27. The molecule has 1 atom stereocenters. The van der Waals surface area contributed by atoms with Gasteiger partial charge >= 0.3 is 6.09 Å².